The molecule has 3 heterocycles. The van der Waals surface area contributed by atoms with Crippen molar-refractivity contribution in [1.82, 2.24) is 24.6 Å². The third-order valence-corrected chi connectivity index (χ3v) is 4.96. The lowest BCUT2D eigenvalue weighted by Crippen LogP contribution is -2.17. The van der Waals surface area contributed by atoms with Crippen LogP contribution in [0.3, 0.4) is 0 Å². The molecule has 0 spiro atoms. The molecule has 0 unspecified atom stereocenters. The molecule has 1 aromatic carbocycles. The topological polar surface area (TPSA) is 85.1 Å². The summed E-state index contributed by atoms with van der Waals surface area (Å²) in [5.74, 6) is 0.952. The molecule has 4 aromatic rings. The molecule has 0 aliphatic rings. The van der Waals surface area contributed by atoms with Gasteiger partial charge in [0.2, 0.25) is 5.91 Å². The normalized spacial score (nSPS) is 11.0. The number of nitrogens with zero attached hydrogens (tertiary/aromatic N) is 5. The van der Waals surface area contributed by atoms with E-state index in [0.717, 1.165) is 32.7 Å². The van der Waals surface area contributed by atoms with Crippen LogP contribution >= 0.6 is 15.9 Å². The summed E-state index contributed by atoms with van der Waals surface area (Å²) in [6.07, 6.45) is 3.62. The summed E-state index contributed by atoms with van der Waals surface area (Å²) in [5, 5.41) is 7.46. The standard InChI is InChI=1S/C20H17BrN6O/c1-12-17(10-18(28)24-16-7-5-15(21)6-8-16)13(2)27-20(23-12)25-19(26-27)14-4-3-9-22-11-14/h3-9,11H,10H2,1-2H3,(H,24,28). The van der Waals surface area contributed by atoms with Crippen LogP contribution in [0.25, 0.3) is 17.2 Å². The summed E-state index contributed by atoms with van der Waals surface area (Å²) in [5.41, 5.74) is 4.01. The number of aromatic nitrogens is 5. The molecule has 8 heteroatoms. The number of pyridine rings is 1. The Morgan fingerprint density at radius 3 is 2.64 bits per heavy atom. The first-order chi connectivity index (χ1) is 13.5. The first-order valence-corrected chi connectivity index (χ1v) is 9.49. The number of fused-ring (bicyclic) bond motifs is 1. The van der Waals surface area contributed by atoms with Crippen molar-refractivity contribution in [2.45, 2.75) is 20.3 Å². The number of rotatable bonds is 4. The van der Waals surface area contributed by atoms with Crippen LogP contribution in [0.5, 0.6) is 0 Å². The molecule has 28 heavy (non-hydrogen) atoms. The highest BCUT2D eigenvalue weighted by molar-refractivity contribution is 9.10. The summed E-state index contributed by atoms with van der Waals surface area (Å²) in [6.45, 7) is 3.80. The average Bonchev–Trinajstić information content (AvgIpc) is 3.12. The number of halogens is 1. The molecule has 7 nitrogen and oxygen atoms in total. The second-order valence-corrected chi connectivity index (χ2v) is 7.30. The van der Waals surface area contributed by atoms with Crippen LogP contribution in [0.4, 0.5) is 5.69 Å². The minimum atomic E-state index is -0.109. The molecule has 0 saturated carbocycles. The van der Waals surface area contributed by atoms with E-state index < -0.39 is 0 Å². The number of benzene rings is 1. The van der Waals surface area contributed by atoms with Crippen molar-refractivity contribution in [1.29, 1.82) is 0 Å². The largest absolute Gasteiger partial charge is 0.326 e. The zero-order valence-electron chi connectivity index (χ0n) is 15.3. The summed E-state index contributed by atoms with van der Waals surface area (Å²) in [4.78, 5) is 25.7. The maximum atomic E-state index is 12.5. The molecule has 0 atom stereocenters. The van der Waals surface area contributed by atoms with E-state index in [2.05, 4.69) is 41.3 Å². The van der Waals surface area contributed by atoms with Crippen LogP contribution in [0.1, 0.15) is 17.0 Å². The Balaban J connectivity index is 1.63. The highest BCUT2D eigenvalue weighted by Gasteiger charge is 2.17. The van der Waals surface area contributed by atoms with Crippen LogP contribution < -0.4 is 5.32 Å². The Hall–Kier alpha value is -3.13. The summed E-state index contributed by atoms with van der Waals surface area (Å²) in [6, 6.07) is 11.2. The molecular formula is C20H17BrN6O. The average molecular weight is 437 g/mol. The van der Waals surface area contributed by atoms with Crippen molar-refractivity contribution in [2.24, 2.45) is 0 Å². The third kappa shape index (κ3) is 3.63. The molecule has 3 aromatic heterocycles. The van der Waals surface area contributed by atoms with Gasteiger partial charge in [-0.15, -0.1) is 5.10 Å². The van der Waals surface area contributed by atoms with E-state index in [1.54, 1.807) is 16.9 Å². The number of anilines is 1. The Labute approximate surface area is 170 Å². The Bertz CT molecular complexity index is 1160. The summed E-state index contributed by atoms with van der Waals surface area (Å²) >= 11 is 3.39. The number of hydrogen-bond donors (Lipinski definition) is 1. The first-order valence-electron chi connectivity index (χ1n) is 8.70. The van der Waals surface area contributed by atoms with Crippen molar-refractivity contribution in [2.75, 3.05) is 5.32 Å². The van der Waals surface area contributed by atoms with Crippen LogP contribution in [0.2, 0.25) is 0 Å². The molecular weight excluding hydrogens is 420 g/mol. The summed E-state index contributed by atoms with van der Waals surface area (Å²) in [7, 11) is 0. The van der Waals surface area contributed by atoms with Crippen LogP contribution in [0, 0.1) is 13.8 Å². The van der Waals surface area contributed by atoms with Crippen molar-refractivity contribution >= 4 is 33.3 Å². The molecule has 0 aliphatic carbocycles. The van der Waals surface area contributed by atoms with Crippen LogP contribution in [-0.4, -0.2) is 30.5 Å². The van der Waals surface area contributed by atoms with E-state index in [0.29, 0.717) is 11.6 Å². The van der Waals surface area contributed by atoms with E-state index in [9.17, 15) is 4.79 Å². The number of amides is 1. The molecule has 1 N–H and O–H groups in total. The number of carbonyl (C=O) groups excluding carboxylic acids is 1. The monoisotopic (exact) mass is 436 g/mol. The molecule has 1 amide bonds. The number of nitrogens with one attached hydrogen (secondary N) is 1. The van der Waals surface area contributed by atoms with Gasteiger partial charge in [0.05, 0.1) is 6.42 Å². The van der Waals surface area contributed by atoms with Gasteiger partial charge in [-0.05, 0) is 50.2 Å². The number of aryl methyl sites for hydroxylation is 2. The van der Waals surface area contributed by atoms with Gasteiger partial charge >= 0.3 is 0 Å². The zero-order chi connectivity index (χ0) is 19.7. The fourth-order valence-electron chi connectivity index (χ4n) is 2.98. The second kappa shape index (κ2) is 7.47. The van der Waals surface area contributed by atoms with Gasteiger partial charge in [0.25, 0.3) is 5.78 Å². The lowest BCUT2D eigenvalue weighted by Gasteiger charge is -2.11. The predicted octanol–water partition coefficient (Wildman–Crippen LogP) is 3.75. The molecule has 0 aliphatic heterocycles. The van der Waals surface area contributed by atoms with E-state index in [1.807, 2.05) is 50.2 Å². The molecule has 0 bridgehead atoms. The van der Waals surface area contributed by atoms with E-state index in [1.165, 1.54) is 0 Å². The van der Waals surface area contributed by atoms with Crippen molar-refractivity contribution in [3.8, 4) is 11.4 Å². The van der Waals surface area contributed by atoms with Crippen molar-refractivity contribution in [3.05, 3.63) is 70.2 Å². The van der Waals surface area contributed by atoms with E-state index >= 15 is 0 Å². The maximum absolute atomic E-state index is 12.5. The second-order valence-electron chi connectivity index (χ2n) is 6.38. The highest BCUT2D eigenvalue weighted by Crippen LogP contribution is 2.20. The molecule has 4 rings (SSSR count). The molecule has 140 valence electrons. The van der Waals surface area contributed by atoms with Gasteiger partial charge < -0.3 is 5.32 Å². The van der Waals surface area contributed by atoms with Gasteiger partial charge in [0.15, 0.2) is 5.82 Å². The Morgan fingerprint density at radius 2 is 1.93 bits per heavy atom. The lowest BCUT2D eigenvalue weighted by molar-refractivity contribution is -0.115. The van der Waals surface area contributed by atoms with E-state index in [4.69, 9.17) is 0 Å². The van der Waals surface area contributed by atoms with Crippen molar-refractivity contribution < 1.29 is 4.79 Å². The Morgan fingerprint density at radius 1 is 1.14 bits per heavy atom. The smallest absolute Gasteiger partial charge is 0.253 e. The fraction of sp³-hybridized carbons (Fsp3) is 0.150. The molecule has 0 saturated heterocycles. The zero-order valence-corrected chi connectivity index (χ0v) is 16.9. The van der Waals surface area contributed by atoms with Gasteiger partial charge in [0, 0.05) is 45.1 Å². The SMILES string of the molecule is Cc1nc2nc(-c3cccnc3)nn2c(C)c1CC(=O)Nc1ccc(Br)cc1. The third-order valence-electron chi connectivity index (χ3n) is 4.43. The minimum Gasteiger partial charge on any atom is -0.326 e. The van der Waals surface area contributed by atoms with Gasteiger partial charge in [-0.25, -0.2) is 9.50 Å². The van der Waals surface area contributed by atoms with Gasteiger partial charge in [-0.3, -0.25) is 9.78 Å². The quantitative estimate of drug-likeness (QED) is 0.526. The van der Waals surface area contributed by atoms with Crippen LogP contribution in [0.15, 0.2) is 53.3 Å². The van der Waals surface area contributed by atoms with Gasteiger partial charge in [-0.2, -0.15) is 4.98 Å². The molecule has 0 fully saturated rings. The Kier molecular flexibility index (Phi) is 4.87. The summed E-state index contributed by atoms with van der Waals surface area (Å²) < 4.78 is 2.64. The predicted molar refractivity (Wildman–Crippen MR) is 110 cm³/mol. The van der Waals surface area contributed by atoms with Crippen molar-refractivity contribution in [3.63, 3.8) is 0 Å². The van der Waals surface area contributed by atoms with Gasteiger partial charge in [0.1, 0.15) is 0 Å². The lowest BCUT2D eigenvalue weighted by atomic mass is 10.1. The highest BCUT2D eigenvalue weighted by atomic mass is 79.9. The number of carbonyl (C=O) groups is 1. The molecule has 0 radical (unpaired) electrons. The van der Waals surface area contributed by atoms with Gasteiger partial charge in [-0.1, -0.05) is 15.9 Å². The number of hydrogen-bond acceptors (Lipinski definition) is 5. The van der Waals surface area contributed by atoms with Crippen LogP contribution in [-0.2, 0) is 11.2 Å². The first kappa shape index (κ1) is 18.2. The minimum absolute atomic E-state index is 0.109. The van der Waals surface area contributed by atoms with E-state index in [-0.39, 0.29) is 12.3 Å². The fourth-order valence-corrected chi connectivity index (χ4v) is 3.24. The maximum Gasteiger partial charge on any atom is 0.253 e.